The van der Waals surface area contributed by atoms with Crippen LogP contribution < -0.4 is 11.0 Å². The average Bonchev–Trinajstić information content (AvgIpc) is 2.63. The number of aromatic nitrogens is 2. The van der Waals surface area contributed by atoms with Crippen molar-refractivity contribution in [1.29, 1.82) is 0 Å². The zero-order valence-electron chi connectivity index (χ0n) is 8.57. The molecule has 5 nitrogen and oxygen atoms in total. The Hall–Kier alpha value is -1.24. The van der Waals surface area contributed by atoms with Gasteiger partial charge >= 0.3 is 0 Å². The van der Waals surface area contributed by atoms with Crippen molar-refractivity contribution in [2.45, 2.75) is 6.54 Å². The molecule has 0 spiro atoms. The van der Waals surface area contributed by atoms with E-state index in [-0.39, 0.29) is 5.56 Å². The van der Waals surface area contributed by atoms with Crippen molar-refractivity contribution in [3.05, 3.63) is 27.6 Å². The summed E-state index contributed by atoms with van der Waals surface area (Å²) in [5.74, 6) is 0.652. The Labute approximate surface area is 90.7 Å². The maximum atomic E-state index is 11.6. The summed E-state index contributed by atoms with van der Waals surface area (Å²) in [7, 11) is 3.78. The Morgan fingerprint density at radius 1 is 1.60 bits per heavy atom. The average molecular weight is 224 g/mol. The van der Waals surface area contributed by atoms with Gasteiger partial charge in [-0.2, -0.15) is 0 Å². The van der Waals surface area contributed by atoms with Crippen molar-refractivity contribution in [3.63, 3.8) is 0 Å². The van der Waals surface area contributed by atoms with Crippen molar-refractivity contribution in [3.8, 4) is 0 Å². The van der Waals surface area contributed by atoms with E-state index >= 15 is 0 Å². The van der Waals surface area contributed by atoms with E-state index in [1.807, 2.05) is 30.6 Å². The number of hydrogen-bond acceptors (Lipinski definition) is 5. The topological polar surface area (TPSA) is 61.0 Å². The second-order valence-corrected chi connectivity index (χ2v) is 4.29. The normalized spacial score (nSPS) is 11.4. The van der Waals surface area contributed by atoms with Gasteiger partial charge in [-0.25, -0.2) is 10.4 Å². The zero-order chi connectivity index (χ0) is 10.8. The highest BCUT2D eigenvalue weighted by molar-refractivity contribution is 7.17. The predicted octanol–water partition coefficient (Wildman–Crippen LogP) is 0.551. The fraction of sp³-hybridized carbons (Fsp3) is 0.333. The smallest absolute Gasteiger partial charge is 0.268 e. The summed E-state index contributed by atoms with van der Waals surface area (Å²) in [5.41, 5.74) is 3.75. The van der Waals surface area contributed by atoms with Gasteiger partial charge in [-0.3, -0.25) is 9.80 Å². The Kier molecular flexibility index (Phi) is 2.81. The van der Waals surface area contributed by atoms with E-state index in [9.17, 15) is 4.79 Å². The molecule has 0 unspecified atom stereocenters. The van der Waals surface area contributed by atoms with Crippen LogP contribution in [0.3, 0.4) is 0 Å². The summed E-state index contributed by atoms with van der Waals surface area (Å²) in [6.45, 7) is 0.522. The first kappa shape index (κ1) is 10.3. The molecule has 2 aromatic rings. The molecule has 6 heteroatoms. The van der Waals surface area contributed by atoms with Gasteiger partial charge in [-0.05, 0) is 11.4 Å². The lowest BCUT2D eigenvalue weighted by molar-refractivity contribution is 0.282. The van der Waals surface area contributed by atoms with Crippen LogP contribution >= 0.6 is 11.3 Å². The fourth-order valence-corrected chi connectivity index (χ4v) is 1.96. The molecule has 0 amide bonds. The second-order valence-electron chi connectivity index (χ2n) is 3.38. The number of thiophene rings is 1. The number of nitrogens with one attached hydrogen (secondary N) is 2. The monoisotopic (exact) mass is 224 g/mol. The summed E-state index contributed by atoms with van der Waals surface area (Å²) >= 11 is 1.41. The number of hydrogen-bond donors (Lipinski definition) is 2. The SMILES string of the molecule is CN(C)NCc1nc2ccsc2c(=O)[nH]1. The third-order valence-corrected chi connectivity index (χ3v) is 2.83. The number of fused-ring (bicyclic) bond motifs is 1. The van der Waals surface area contributed by atoms with Gasteiger partial charge < -0.3 is 4.98 Å². The van der Waals surface area contributed by atoms with Gasteiger partial charge in [0.1, 0.15) is 10.5 Å². The van der Waals surface area contributed by atoms with Crippen molar-refractivity contribution in [2.75, 3.05) is 14.1 Å². The minimum atomic E-state index is -0.0643. The van der Waals surface area contributed by atoms with Crippen LogP contribution in [0.2, 0.25) is 0 Å². The van der Waals surface area contributed by atoms with E-state index in [0.29, 0.717) is 17.1 Å². The van der Waals surface area contributed by atoms with Crippen molar-refractivity contribution >= 4 is 21.6 Å². The first-order chi connectivity index (χ1) is 7.16. The van der Waals surface area contributed by atoms with Crippen LogP contribution in [-0.2, 0) is 6.54 Å². The molecule has 0 aromatic carbocycles. The summed E-state index contributed by atoms with van der Waals surface area (Å²) in [6.07, 6.45) is 0. The van der Waals surface area contributed by atoms with Crippen LogP contribution in [0.5, 0.6) is 0 Å². The Morgan fingerprint density at radius 3 is 3.13 bits per heavy atom. The van der Waals surface area contributed by atoms with E-state index in [4.69, 9.17) is 0 Å². The zero-order valence-corrected chi connectivity index (χ0v) is 9.39. The number of nitrogens with zero attached hydrogens (tertiary/aromatic N) is 2. The molecule has 15 heavy (non-hydrogen) atoms. The Balaban J connectivity index is 2.33. The highest BCUT2D eigenvalue weighted by atomic mass is 32.1. The van der Waals surface area contributed by atoms with Gasteiger partial charge in [0.15, 0.2) is 0 Å². The molecular formula is C9H12N4OS. The summed E-state index contributed by atoms with van der Waals surface area (Å²) < 4.78 is 0.684. The van der Waals surface area contributed by atoms with Gasteiger partial charge in [-0.1, -0.05) is 0 Å². The van der Waals surface area contributed by atoms with Gasteiger partial charge in [0.05, 0.1) is 12.1 Å². The number of aromatic amines is 1. The molecule has 0 atom stereocenters. The predicted molar refractivity (Wildman–Crippen MR) is 60.8 cm³/mol. The summed E-state index contributed by atoms with van der Waals surface area (Å²) in [4.78, 5) is 18.7. The van der Waals surface area contributed by atoms with Crippen LogP contribution in [0.1, 0.15) is 5.82 Å². The molecule has 0 saturated heterocycles. The van der Waals surface area contributed by atoms with Crippen LogP contribution in [0, 0.1) is 0 Å². The summed E-state index contributed by atoms with van der Waals surface area (Å²) in [6, 6.07) is 1.86. The third-order valence-electron chi connectivity index (χ3n) is 1.93. The lowest BCUT2D eigenvalue weighted by Gasteiger charge is -2.10. The molecular weight excluding hydrogens is 212 g/mol. The fourth-order valence-electron chi connectivity index (χ4n) is 1.24. The highest BCUT2D eigenvalue weighted by Gasteiger charge is 2.04. The lowest BCUT2D eigenvalue weighted by Crippen LogP contribution is -2.31. The maximum Gasteiger partial charge on any atom is 0.268 e. The van der Waals surface area contributed by atoms with Gasteiger partial charge in [-0.15, -0.1) is 11.3 Å². The van der Waals surface area contributed by atoms with Crippen LogP contribution in [-0.4, -0.2) is 29.1 Å². The Bertz CT molecular complexity index is 516. The van der Waals surface area contributed by atoms with E-state index in [0.717, 1.165) is 5.52 Å². The maximum absolute atomic E-state index is 11.6. The van der Waals surface area contributed by atoms with Gasteiger partial charge in [0, 0.05) is 14.1 Å². The molecule has 0 aliphatic carbocycles. The Morgan fingerprint density at radius 2 is 2.40 bits per heavy atom. The molecule has 80 valence electrons. The molecule has 0 bridgehead atoms. The minimum absolute atomic E-state index is 0.0643. The molecule has 2 heterocycles. The van der Waals surface area contributed by atoms with Crippen molar-refractivity contribution in [1.82, 2.24) is 20.4 Å². The van der Waals surface area contributed by atoms with E-state index < -0.39 is 0 Å². The van der Waals surface area contributed by atoms with Crippen LogP contribution in [0.4, 0.5) is 0 Å². The van der Waals surface area contributed by atoms with Gasteiger partial charge in [0.25, 0.3) is 5.56 Å². The first-order valence-corrected chi connectivity index (χ1v) is 5.42. The summed E-state index contributed by atoms with van der Waals surface area (Å²) in [5, 5.41) is 3.69. The molecule has 0 aliphatic heterocycles. The standard InChI is InChI=1S/C9H12N4OS/c1-13(2)10-5-7-11-6-3-4-15-8(6)9(14)12-7/h3-4,10H,5H2,1-2H3,(H,11,12,14). The van der Waals surface area contributed by atoms with Crippen molar-refractivity contribution in [2.24, 2.45) is 0 Å². The molecule has 2 N–H and O–H groups in total. The second kappa shape index (κ2) is 4.09. The van der Waals surface area contributed by atoms with Crippen LogP contribution in [0.25, 0.3) is 10.2 Å². The first-order valence-electron chi connectivity index (χ1n) is 4.54. The third kappa shape index (κ3) is 2.23. The molecule has 0 saturated carbocycles. The number of rotatable bonds is 3. The molecule has 0 aliphatic rings. The van der Waals surface area contributed by atoms with Crippen molar-refractivity contribution < 1.29 is 0 Å². The van der Waals surface area contributed by atoms with Crippen LogP contribution in [0.15, 0.2) is 16.2 Å². The van der Waals surface area contributed by atoms with E-state index in [1.165, 1.54) is 11.3 Å². The quantitative estimate of drug-likeness (QED) is 0.747. The van der Waals surface area contributed by atoms with E-state index in [1.54, 1.807) is 0 Å². The number of hydrazine groups is 1. The molecule has 0 fully saturated rings. The van der Waals surface area contributed by atoms with Gasteiger partial charge in [0.2, 0.25) is 0 Å². The minimum Gasteiger partial charge on any atom is -0.308 e. The molecule has 2 rings (SSSR count). The highest BCUT2D eigenvalue weighted by Crippen LogP contribution is 2.13. The molecule has 2 aromatic heterocycles. The van der Waals surface area contributed by atoms with E-state index in [2.05, 4.69) is 15.4 Å². The largest absolute Gasteiger partial charge is 0.308 e. The lowest BCUT2D eigenvalue weighted by atomic mass is 10.4. The number of H-pyrrole nitrogens is 1. The molecule has 0 radical (unpaired) electrons.